The van der Waals surface area contributed by atoms with Crippen molar-refractivity contribution in [2.75, 3.05) is 0 Å². The van der Waals surface area contributed by atoms with Gasteiger partial charge in [-0.05, 0) is 19.3 Å². The van der Waals surface area contributed by atoms with E-state index in [1.165, 1.54) is 44.0 Å². The molecule has 0 saturated carbocycles. The molecule has 0 nitrogen and oxygen atoms in total. The lowest BCUT2D eigenvalue weighted by Crippen LogP contribution is -1.97. The molecule has 0 aromatic rings. The van der Waals surface area contributed by atoms with Crippen LogP contribution in [-0.4, -0.2) is 21.8 Å². The summed E-state index contributed by atoms with van der Waals surface area (Å²) in [5.74, 6) is 9.98. The second-order valence-electron chi connectivity index (χ2n) is 4.29. The molecule has 0 aliphatic heterocycles. The molecular formula is C14H20B3. The maximum absolute atomic E-state index is 3.62. The van der Waals surface area contributed by atoms with Gasteiger partial charge in [0.1, 0.15) is 0 Å². The molecule has 0 aromatic carbocycles. The third-order valence-corrected chi connectivity index (χ3v) is 2.83. The van der Waals surface area contributed by atoms with Crippen molar-refractivity contribution >= 4 is 21.8 Å². The summed E-state index contributed by atoms with van der Waals surface area (Å²) in [6.07, 6.45) is 10.4. The Morgan fingerprint density at radius 2 is 1.71 bits per heavy atom. The van der Waals surface area contributed by atoms with E-state index >= 15 is 0 Å². The van der Waals surface area contributed by atoms with Gasteiger partial charge in [-0.25, -0.2) is 0 Å². The fourth-order valence-corrected chi connectivity index (χ4v) is 1.88. The van der Waals surface area contributed by atoms with Crippen LogP contribution in [0.4, 0.5) is 0 Å². The van der Waals surface area contributed by atoms with Gasteiger partial charge in [-0.3, -0.25) is 0 Å². The summed E-state index contributed by atoms with van der Waals surface area (Å²) >= 11 is 0. The Hall–Kier alpha value is -0.845. The smallest absolute Gasteiger partial charge is 0.130 e. The van der Waals surface area contributed by atoms with E-state index in [2.05, 4.69) is 31.9 Å². The fraction of sp³-hybridized carbons (Fsp3) is 0.429. The molecule has 0 heterocycles. The topological polar surface area (TPSA) is 0 Å². The molecule has 3 heteroatoms. The highest BCUT2D eigenvalue weighted by molar-refractivity contribution is 6.58. The van der Waals surface area contributed by atoms with Gasteiger partial charge in [0.05, 0.1) is 0 Å². The molecule has 0 unspecified atom stereocenters. The van der Waals surface area contributed by atoms with Gasteiger partial charge in [0.15, 0.2) is 21.8 Å². The maximum Gasteiger partial charge on any atom is 0.173 e. The summed E-state index contributed by atoms with van der Waals surface area (Å²) in [6.45, 7) is 3.62. The van der Waals surface area contributed by atoms with Gasteiger partial charge in [-0.1, -0.05) is 25.3 Å². The van der Waals surface area contributed by atoms with Crippen LogP contribution >= 0.6 is 0 Å². The van der Waals surface area contributed by atoms with E-state index in [4.69, 9.17) is 0 Å². The highest BCUT2D eigenvalue weighted by atomic mass is 14.0. The summed E-state index contributed by atoms with van der Waals surface area (Å²) in [4.78, 5) is 0. The molecule has 0 saturated heterocycles. The van der Waals surface area contributed by atoms with Gasteiger partial charge in [0.25, 0.3) is 0 Å². The highest BCUT2D eigenvalue weighted by Gasteiger charge is 2.00. The Morgan fingerprint density at radius 1 is 0.941 bits per heavy atom. The largest absolute Gasteiger partial charge is 0.173 e. The molecule has 1 rings (SSSR count). The molecule has 0 aromatic heterocycles. The van der Waals surface area contributed by atoms with Crippen LogP contribution in [0.3, 0.4) is 0 Å². The number of rotatable bonds is 6. The molecule has 85 valence electrons. The first kappa shape index (κ1) is 14.2. The number of hydrogen-bond acceptors (Lipinski definition) is 0. The standard InChI is InChI=1S/C14H20B3/c1-2-15-10-11-16-12-13-17-14-8-6-4-3-5-7-9-14/h2,8,10-13H,1,3-7,9H2/b11-10?,13-12?,14-8+. The van der Waals surface area contributed by atoms with Crippen LogP contribution in [0.5, 0.6) is 0 Å². The minimum atomic E-state index is 1.24. The predicted octanol–water partition coefficient (Wildman–Crippen LogP) is 3.42. The van der Waals surface area contributed by atoms with Crippen LogP contribution < -0.4 is 0 Å². The minimum Gasteiger partial charge on any atom is -0.130 e. The van der Waals surface area contributed by atoms with Crippen molar-refractivity contribution in [3.63, 3.8) is 0 Å². The monoisotopic (exact) mass is 221 g/mol. The van der Waals surface area contributed by atoms with Gasteiger partial charge >= 0.3 is 0 Å². The second kappa shape index (κ2) is 10.3. The predicted molar refractivity (Wildman–Crippen MR) is 81.5 cm³/mol. The molecule has 0 fully saturated rings. The van der Waals surface area contributed by atoms with E-state index in [9.17, 15) is 0 Å². The molecular weight excluding hydrogens is 201 g/mol. The molecule has 0 spiro atoms. The summed E-state index contributed by atoms with van der Waals surface area (Å²) in [6, 6.07) is 0. The first-order valence-electron chi connectivity index (χ1n) is 6.58. The highest BCUT2D eigenvalue weighted by Crippen LogP contribution is 2.16. The zero-order valence-electron chi connectivity index (χ0n) is 10.6. The first-order valence-corrected chi connectivity index (χ1v) is 6.58. The van der Waals surface area contributed by atoms with Crippen molar-refractivity contribution in [1.82, 2.24) is 0 Å². The van der Waals surface area contributed by atoms with Crippen LogP contribution in [0.1, 0.15) is 38.5 Å². The van der Waals surface area contributed by atoms with Gasteiger partial charge < -0.3 is 0 Å². The number of allylic oxidation sites excluding steroid dienone is 2. The molecule has 17 heavy (non-hydrogen) atoms. The Balaban J connectivity index is 2.19. The average Bonchev–Trinajstić information content (AvgIpc) is 2.30. The van der Waals surface area contributed by atoms with E-state index in [1.807, 2.05) is 26.5 Å². The lowest BCUT2D eigenvalue weighted by Gasteiger charge is -2.08. The molecule has 0 bridgehead atoms. The van der Waals surface area contributed by atoms with Gasteiger partial charge in [-0.15, -0.1) is 41.9 Å². The molecule has 3 radical (unpaired) electrons. The van der Waals surface area contributed by atoms with E-state index in [1.54, 1.807) is 5.98 Å². The summed E-state index contributed by atoms with van der Waals surface area (Å²) in [5, 5.41) is 0. The lowest BCUT2D eigenvalue weighted by atomic mass is 9.62. The van der Waals surface area contributed by atoms with Crippen molar-refractivity contribution in [1.29, 1.82) is 0 Å². The van der Waals surface area contributed by atoms with E-state index in [0.717, 1.165) is 0 Å². The maximum atomic E-state index is 3.62. The van der Waals surface area contributed by atoms with Gasteiger partial charge in [-0.2, -0.15) is 0 Å². The van der Waals surface area contributed by atoms with Gasteiger partial charge in [0.2, 0.25) is 0 Å². The van der Waals surface area contributed by atoms with Gasteiger partial charge in [0, 0.05) is 0 Å². The SMILES string of the molecule is C=C[B]C=C[B]C=C[B]/C1=C/CCCCCC1. The lowest BCUT2D eigenvalue weighted by molar-refractivity contribution is 0.634. The first-order chi connectivity index (χ1) is 8.43. The molecule has 0 amide bonds. The van der Waals surface area contributed by atoms with Crippen LogP contribution in [-0.2, 0) is 0 Å². The Bertz CT molecular complexity index is 290. The van der Waals surface area contributed by atoms with Crippen molar-refractivity contribution in [3.05, 3.63) is 48.0 Å². The summed E-state index contributed by atoms with van der Waals surface area (Å²) in [7, 11) is 6.21. The normalized spacial score (nSPS) is 20.4. The minimum absolute atomic E-state index is 1.24. The van der Waals surface area contributed by atoms with Crippen LogP contribution in [0.2, 0.25) is 0 Å². The molecule has 1 aliphatic rings. The van der Waals surface area contributed by atoms with Crippen LogP contribution in [0, 0.1) is 0 Å². The average molecular weight is 221 g/mol. The van der Waals surface area contributed by atoms with E-state index in [0.29, 0.717) is 0 Å². The van der Waals surface area contributed by atoms with Crippen LogP contribution in [0.15, 0.2) is 48.0 Å². The van der Waals surface area contributed by atoms with Crippen molar-refractivity contribution in [2.45, 2.75) is 38.5 Å². The van der Waals surface area contributed by atoms with Crippen molar-refractivity contribution in [3.8, 4) is 0 Å². The quantitative estimate of drug-likeness (QED) is 0.602. The van der Waals surface area contributed by atoms with Crippen molar-refractivity contribution in [2.24, 2.45) is 0 Å². The second-order valence-corrected chi connectivity index (χ2v) is 4.29. The summed E-state index contributed by atoms with van der Waals surface area (Å²) in [5.41, 5.74) is 1.50. The zero-order chi connectivity index (χ0) is 12.2. The third-order valence-electron chi connectivity index (χ3n) is 2.83. The Labute approximate surface area is 109 Å². The zero-order valence-corrected chi connectivity index (χ0v) is 10.6. The van der Waals surface area contributed by atoms with E-state index in [-0.39, 0.29) is 0 Å². The third kappa shape index (κ3) is 7.96. The van der Waals surface area contributed by atoms with Crippen molar-refractivity contribution < 1.29 is 0 Å². The number of hydrogen-bond donors (Lipinski definition) is 0. The fourth-order valence-electron chi connectivity index (χ4n) is 1.88. The van der Waals surface area contributed by atoms with E-state index < -0.39 is 0 Å². The Kier molecular flexibility index (Phi) is 8.63. The Morgan fingerprint density at radius 3 is 2.59 bits per heavy atom. The molecule has 0 atom stereocenters. The molecule has 1 aliphatic carbocycles. The van der Waals surface area contributed by atoms with Crippen LogP contribution in [0.25, 0.3) is 0 Å². The summed E-state index contributed by atoms with van der Waals surface area (Å²) < 4.78 is 0. The molecule has 0 N–H and O–H groups in total.